The van der Waals surface area contributed by atoms with Gasteiger partial charge in [0.25, 0.3) is 0 Å². The summed E-state index contributed by atoms with van der Waals surface area (Å²) >= 11 is 0. The normalized spacial score (nSPS) is 13.1. The number of hydrogen-bond acceptors (Lipinski definition) is 2. The van der Waals surface area contributed by atoms with E-state index in [1.54, 1.807) is 0 Å². The lowest BCUT2D eigenvalue weighted by Crippen LogP contribution is -2.24. The topological polar surface area (TPSA) is 46.2 Å². The van der Waals surface area contributed by atoms with Gasteiger partial charge in [0, 0.05) is 24.9 Å². The lowest BCUT2D eigenvalue weighted by atomic mass is 10.0. The van der Waals surface area contributed by atoms with Gasteiger partial charge in [0.1, 0.15) is 0 Å². The molecule has 0 unspecified atom stereocenters. The Morgan fingerprint density at radius 1 is 1.15 bits per heavy atom. The molecule has 0 saturated heterocycles. The Balaban J connectivity index is 1.81. The molecule has 1 amide bonds. The van der Waals surface area contributed by atoms with Crippen molar-refractivity contribution in [2.24, 2.45) is 0 Å². The van der Waals surface area contributed by atoms with E-state index in [0.717, 1.165) is 31.2 Å². The van der Waals surface area contributed by atoms with E-state index in [4.69, 9.17) is 0 Å². The molecule has 1 aliphatic rings. The highest BCUT2D eigenvalue weighted by molar-refractivity contribution is 5.98. The molecule has 1 aliphatic carbocycles. The number of fused-ring (bicyclic) bond motifs is 1. The third-order valence-corrected chi connectivity index (χ3v) is 3.85. The monoisotopic (exact) mass is 273 g/mol. The van der Waals surface area contributed by atoms with E-state index < -0.39 is 0 Å². The smallest absolute Gasteiger partial charge is 0.220 e. The van der Waals surface area contributed by atoms with Crippen molar-refractivity contribution in [3.05, 3.63) is 34.9 Å². The van der Waals surface area contributed by atoms with E-state index in [9.17, 15) is 9.59 Å². The van der Waals surface area contributed by atoms with Gasteiger partial charge >= 0.3 is 0 Å². The predicted octanol–water partition coefficient (Wildman–Crippen LogP) is 3.05. The zero-order valence-electron chi connectivity index (χ0n) is 12.2. The number of aryl methyl sites for hydroxylation is 2. The van der Waals surface area contributed by atoms with E-state index in [1.807, 2.05) is 12.1 Å². The number of rotatable bonds is 7. The van der Waals surface area contributed by atoms with Gasteiger partial charge in [-0.15, -0.1) is 0 Å². The number of unbranched alkanes of at least 4 members (excludes halogenated alkanes) is 1. The molecule has 3 nitrogen and oxygen atoms in total. The molecule has 0 aromatic heterocycles. The maximum atomic E-state index is 12.1. The average molecular weight is 273 g/mol. The molecule has 3 heteroatoms. The standard InChI is InChI=1S/C17H23NO2/c1-2-3-11-18-17(20)10-9-16(19)15-8-7-13-5-4-6-14(13)12-15/h7-8,12H,2-6,9-11H2,1H3,(H,18,20). The van der Waals surface area contributed by atoms with Gasteiger partial charge in [0.05, 0.1) is 0 Å². The largest absolute Gasteiger partial charge is 0.356 e. The van der Waals surface area contributed by atoms with Gasteiger partial charge in [-0.2, -0.15) is 0 Å². The van der Waals surface area contributed by atoms with Gasteiger partial charge in [-0.25, -0.2) is 0 Å². The summed E-state index contributed by atoms with van der Waals surface area (Å²) in [6.45, 7) is 2.80. The first-order valence-electron chi connectivity index (χ1n) is 7.62. The van der Waals surface area contributed by atoms with Crippen LogP contribution in [-0.4, -0.2) is 18.2 Å². The van der Waals surface area contributed by atoms with Crippen LogP contribution in [0.1, 0.15) is 60.5 Å². The van der Waals surface area contributed by atoms with Crippen molar-refractivity contribution in [1.82, 2.24) is 5.32 Å². The van der Waals surface area contributed by atoms with Crippen LogP contribution in [-0.2, 0) is 17.6 Å². The first kappa shape index (κ1) is 14.8. The van der Waals surface area contributed by atoms with E-state index in [2.05, 4.69) is 18.3 Å². The summed E-state index contributed by atoms with van der Waals surface area (Å²) in [5.41, 5.74) is 3.44. The molecule has 1 aromatic carbocycles. The molecule has 0 fully saturated rings. The van der Waals surface area contributed by atoms with Crippen LogP contribution in [0.2, 0.25) is 0 Å². The third-order valence-electron chi connectivity index (χ3n) is 3.85. The predicted molar refractivity (Wildman–Crippen MR) is 79.9 cm³/mol. The number of nitrogens with one attached hydrogen (secondary N) is 1. The number of carbonyl (C=O) groups excluding carboxylic acids is 2. The molecule has 108 valence electrons. The summed E-state index contributed by atoms with van der Waals surface area (Å²) in [7, 11) is 0. The Morgan fingerprint density at radius 2 is 1.95 bits per heavy atom. The minimum Gasteiger partial charge on any atom is -0.356 e. The second kappa shape index (κ2) is 7.22. The highest BCUT2D eigenvalue weighted by Gasteiger charge is 2.14. The molecular weight excluding hydrogens is 250 g/mol. The van der Waals surface area contributed by atoms with Crippen LogP contribution in [0, 0.1) is 0 Å². The van der Waals surface area contributed by atoms with E-state index in [1.165, 1.54) is 17.5 Å². The lowest BCUT2D eigenvalue weighted by molar-refractivity contribution is -0.121. The van der Waals surface area contributed by atoms with Crippen LogP contribution in [0.15, 0.2) is 18.2 Å². The Hall–Kier alpha value is -1.64. The third kappa shape index (κ3) is 3.92. The van der Waals surface area contributed by atoms with Crippen LogP contribution in [0.5, 0.6) is 0 Å². The van der Waals surface area contributed by atoms with Crippen LogP contribution in [0.4, 0.5) is 0 Å². The molecule has 0 atom stereocenters. The van der Waals surface area contributed by atoms with E-state index in [0.29, 0.717) is 19.4 Å². The number of ketones is 1. The average Bonchev–Trinajstić information content (AvgIpc) is 2.92. The van der Waals surface area contributed by atoms with Gasteiger partial charge in [0.2, 0.25) is 5.91 Å². The summed E-state index contributed by atoms with van der Waals surface area (Å²) in [5.74, 6) is 0.0540. The second-order valence-electron chi connectivity index (χ2n) is 5.46. The SMILES string of the molecule is CCCCNC(=O)CCC(=O)c1ccc2c(c1)CCC2. The van der Waals surface area contributed by atoms with Gasteiger partial charge in [-0.1, -0.05) is 25.5 Å². The molecule has 0 bridgehead atoms. The number of Topliss-reactive ketones (excluding diaryl/α,β-unsaturated/α-hetero) is 1. The van der Waals surface area contributed by atoms with Crippen molar-refractivity contribution in [3.8, 4) is 0 Å². The van der Waals surface area contributed by atoms with E-state index >= 15 is 0 Å². The van der Waals surface area contributed by atoms with E-state index in [-0.39, 0.29) is 11.7 Å². The zero-order chi connectivity index (χ0) is 14.4. The maximum absolute atomic E-state index is 12.1. The summed E-state index contributed by atoms with van der Waals surface area (Å²) < 4.78 is 0. The second-order valence-corrected chi connectivity index (χ2v) is 5.46. The lowest BCUT2D eigenvalue weighted by Gasteiger charge is -2.05. The highest BCUT2D eigenvalue weighted by atomic mass is 16.2. The molecular formula is C17H23NO2. The Labute approximate surface area is 120 Å². The van der Waals surface area contributed by atoms with Gasteiger partial charge < -0.3 is 5.32 Å². The number of amides is 1. The van der Waals surface area contributed by atoms with Crippen LogP contribution >= 0.6 is 0 Å². The minimum atomic E-state index is -0.0204. The number of benzene rings is 1. The molecule has 20 heavy (non-hydrogen) atoms. The molecule has 0 spiro atoms. The van der Waals surface area contributed by atoms with Crippen LogP contribution in [0.25, 0.3) is 0 Å². The molecule has 0 aliphatic heterocycles. The summed E-state index contributed by atoms with van der Waals surface area (Å²) in [6, 6.07) is 5.98. The van der Waals surface area contributed by atoms with Crippen molar-refractivity contribution < 1.29 is 9.59 Å². The molecule has 1 aromatic rings. The Morgan fingerprint density at radius 3 is 2.75 bits per heavy atom. The molecule has 0 saturated carbocycles. The fourth-order valence-corrected chi connectivity index (χ4v) is 2.61. The molecule has 0 radical (unpaired) electrons. The number of hydrogen-bond donors (Lipinski definition) is 1. The fourth-order valence-electron chi connectivity index (χ4n) is 2.61. The Kier molecular flexibility index (Phi) is 5.33. The van der Waals surface area contributed by atoms with Crippen molar-refractivity contribution in [1.29, 1.82) is 0 Å². The van der Waals surface area contributed by atoms with Gasteiger partial charge in [-0.3, -0.25) is 9.59 Å². The zero-order valence-corrected chi connectivity index (χ0v) is 12.2. The van der Waals surface area contributed by atoms with Gasteiger partial charge in [-0.05, 0) is 42.9 Å². The van der Waals surface area contributed by atoms with Crippen molar-refractivity contribution >= 4 is 11.7 Å². The minimum absolute atomic E-state index is 0.0204. The molecule has 2 rings (SSSR count). The fraction of sp³-hybridized carbons (Fsp3) is 0.529. The quantitative estimate of drug-likeness (QED) is 0.613. The first-order chi connectivity index (χ1) is 9.70. The maximum Gasteiger partial charge on any atom is 0.220 e. The summed E-state index contributed by atoms with van der Waals surface area (Å²) in [6.07, 6.45) is 6.04. The van der Waals surface area contributed by atoms with Crippen LogP contribution < -0.4 is 5.32 Å². The van der Waals surface area contributed by atoms with Crippen molar-refractivity contribution in [2.45, 2.75) is 51.9 Å². The molecule has 0 heterocycles. The molecule has 1 N–H and O–H groups in total. The van der Waals surface area contributed by atoms with Crippen molar-refractivity contribution in [2.75, 3.05) is 6.54 Å². The van der Waals surface area contributed by atoms with Crippen LogP contribution in [0.3, 0.4) is 0 Å². The summed E-state index contributed by atoms with van der Waals surface area (Å²) in [5, 5.41) is 2.84. The highest BCUT2D eigenvalue weighted by Crippen LogP contribution is 2.23. The van der Waals surface area contributed by atoms with Gasteiger partial charge in [0.15, 0.2) is 5.78 Å². The van der Waals surface area contributed by atoms with Crippen molar-refractivity contribution in [3.63, 3.8) is 0 Å². The Bertz CT molecular complexity index is 494. The first-order valence-corrected chi connectivity index (χ1v) is 7.62. The number of carbonyl (C=O) groups is 2. The summed E-state index contributed by atoms with van der Waals surface area (Å²) in [4.78, 5) is 23.7.